The molecule has 0 aliphatic heterocycles. The Labute approximate surface area is 173 Å². The van der Waals surface area contributed by atoms with Gasteiger partial charge in [0.1, 0.15) is 0 Å². The van der Waals surface area contributed by atoms with Crippen LogP contribution in [0.15, 0.2) is 72.1 Å². The van der Waals surface area contributed by atoms with Crippen molar-refractivity contribution in [3.8, 4) is 0 Å². The maximum absolute atomic E-state index is 12.5. The molecule has 3 N–H and O–H groups in total. The molecule has 29 heavy (non-hydrogen) atoms. The Morgan fingerprint density at radius 3 is 2.28 bits per heavy atom. The fourth-order valence-corrected chi connectivity index (χ4v) is 3.47. The highest BCUT2D eigenvalue weighted by molar-refractivity contribution is 7.12. The number of hydrogen-bond donors (Lipinski definition) is 3. The van der Waals surface area contributed by atoms with Crippen molar-refractivity contribution in [1.29, 1.82) is 0 Å². The molecule has 1 unspecified atom stereocenters. The van der Waals surface area contributed by atoms with Crippen LogP contribution in [0.4, 0.5) is 11.4 Å². The van der Waals surface area contributed by atoms with Crippen molar-refractivity contribution in [3.05, 3.63) is 82.6 Å². The summed E-state index contributed by atoms with van der Waals surface area (Å²) in [5, 5.41) is 10.3. The molecule has 148 valence electrons. The molecule has 7 heteroatoms. The predicted molar refractivity (Wildman–Crippen MR) is 115 cm³/mol. The van der Waals surface area contributed by atoms with Crippen molar-refractivity contribution in [2.24, 2.45) is 0 Å². The predicted octanol–water partition coefficient (Wildman–Crippen LogP) is 4.21. The fraction of sp³-hybridized carbons (Fsp3) is 0.136. The van der Waals surface area contributed by atoms with Gasteiger partial charge in [-0.15, -0.1) is 11.3 Å². The minimum atomic E-state index is -0.421. The first-order valence-corrected chi connectivity index (χ1v) is 9.96. The van der Waals surface area contributed by atoms with E-state index < -0.39 is 6.04 Å². The zero-order valence-corrected chi connectivity index (χ0v) is 16.7. The van der Waals surface area contributed by atoms with E-state index in [0.717, 1.165) is 5.56 Å². The summed E-state index contributed by atoms with van der Waals surface area (Å²) in [6, 6.07) is 19.4. The number of nitrogens with one attached hydrogen (secondary N) is 3. The topological polar surface area (TPSA) is 87.3 Å². The van der Waals surface area contributed by atoms with Crippen LogP contribution < -0.4 is 16.0 Å². The molecule has 0 aliphatic rings. The maximum atomic E-state index is 12.5. The molecule has 3 aromatic rings. The summed E-state index contributed by atoms with van der Waals surface area (Å²) in [6.07, 6.45) is 0.0926. The average molecular weight is 407 g/mol. The lowest BCUT2D eigenvalue weighted by atomic mass is 10.0. The van der Waals surface area contributed by atoms with Crippen LogP contribution in [0.5, 0.6) is 0 Å². The average Bonchev–Trinajstić information content (AvgIpc) is 3.23. The van der Waals surface area contributed by atoms with Gasteiger partial charge in [-0.2, -0.15) is 0 Å². The van der Waals surface area contributed by atoms with E-state index >= 15 is 0 Å². The van der Waals surface area contributed by atoms with Crippen molar-refractivity contribution in [1.82, 2.24) is 5.32 Å². The summed E-state index contributed by atoms with van der Waals surface area (Å²) in [4.78, 5) is 36.9. The molecule has 0 aliphatic carbocycles. The van der Waals surface area contributed by atoms with Crippen LogP contribution in [-0.2, 0) is 9.59 Å². The van der Waals surface area contributed by atoms with E-state index in [1.54, 1.807) is 30.3 Å². The molecular weight excluding hydrogens is 386 g/mol. The molecule has 0 radical (unpaired) electrons. The molecule has 6 nitrogen and oxygen atoms in total. The Balaban J connectivity index is 1.65. The van der Waals surface area contributed by atoms with Crippen LogP contribution in [0.3, 0.4) is 0 Å². The minimum Gasteiger partial charge on any atom is -0.349 e. The van der Waals surface area contributed by atoms with Crippen molar-refractivity contribution >= 4 is 40.4 Å². The molecule has 3 rings (SSSR count). The van der Waals surface area contributed by atoms with Gasteiger partial charge in [-0.25, -0.2) is 0 Å². The zero-order valence-electron chi connectivity index (χ0n) is 15.8. The molecule has 1 aromatic heterocycles. The summed E-state index contributed by atoms with van der Waals surface area (Å²) in [7, 11) is 0. The van der Waals surface area contributed by atoms with Crippen molar-refractivity contribution < 1.29 is 14.4 Å². The molecular formula is C22H21N3O3S. The summed E-state index contributed by atoms with van der Waals surface area (Å²) in [5.74, 6) is -0.641. The molecule has 1 atom stereocenters. The molecule has 0 saturated heterocycles. The SMILES string of the molecule is CC(=O)NC(CC(=O)Nc1cccc(NC(=O)c2cccs2)c1)c1ccccc1. The summed E-state index contributed by atoms with van der Waals surface area (Å²) in [6.45, 7) is 1.42. The van der Waals surface area contributed by atoms with Gasteiger partial charge >= 0.3 is 0 Å². The van der Waals surface area contributed by atoms with Crippen LogP contribution in [0, 0.1) is 0 Å². The number of carbonyl (C=O) groups is 3. The van der Waals surface area contributed by atoms with Crippen molar-refractivity contribution in [3.63, 3.8) is 0 Å². The standard InChI is InChI=1S/C22H21N3O3S/c1-15(26)23-19(16-7-3-2-4-8-16)14-21(27)24-17-9-5-10-18(13-17)25-22(28)20-11-6-12-29-20/h2-13,19H,14H2,1H3,(H,23,26)(H,24,27)(H,25,28). The van der Waals surface area contributed by atoms with E-state index in [2.05, 4.69) is 16.0 Å². The Morgan fingerprint density at radius 2 is 1.62 bits per heavy atom. The molecule has 0 bridgehead atoms. The van der Waals surface area contributed by atoms with E-state index in [1.807, 2.05) is 41.8 Å². The Bertz CT molecular complexity index is 988. The monoisotopic (exact) mass is 407 g/mol. The van der Waals surface area contributed by atoms with Crippen LogP contribution in [0.1, 0.15) is 34.6 Å². The lowest BCUT2D eigenvalue weighted by Crippen LogP contribution is -2.29. The van der Waals surface area contributed by atoms with E-state index in [0.29, 0.717) is 16.3 Å². The first-order chi connectivity index (χ1) is 14.0. The van der Waals surface area contributed by atoms with E-state index in [9.17, 15) is 14.4 Å². The highest BCUT2D eigenvalue weighted by Gasteiger charge is 2.17. The van der Waals surface area contributed by atoms with Gasteiger partial charge in [-0.1, -0.05) is 42.5 Å². The second-order valence-corrected chi connectivity index (χ2v) is 7.38. The highest BCUT2D eigenvalue weighted by atomic mass is 32.1. The van der Waals surface area contributed by atoms with Gasteiger partial charge in [0, 0.05) is 18.3 Å². The number of benzene rings is 2. The lowest BCUT2D eigenvalue weighted by Gasteiger charge is -2.18. The molecule has 0 fully saturated rings. The lowest BCUT2D eigenvalue weighted by molar-refractivity contribution is -0.120. The number of rotatable bonds is 7. The van der Waals surface area contributed by atoms with Gasteiger partial charge in [-0.05, 0) is 35.2 Å². The van der Waals surface area contributed by atoms with Crippen LogP contribution >= 0.6 is 11.3 Å². The fourth-order valence-electron chi connectivity index (χ4n) is 2.86. The first-order valence-electron chi connectivity index (χ1n) is 9.08. The molecule has 0 spiro atoms. The largest absolute Gasteiger partial charge is 0.349 e. The Hall–Kier alpha value is -3.45. The second-order valence-electron chi connectivity index (χ2n) is 6.43. The minimum absolute atomic E-state index is 0.0926. The summed E-state index contributed by atoms with van der Waals surface area (Å²) < 4.78 is 0. The normalized spacial score (nSPS) is 11.3. The van der Waals surface area contributed by atoms with E-state index in [4.69, 9.17) is 0 Å². The van der Waals surface area contributed by atoms with Gasteiger partial charge in [0.15, 0.2) is 0 Å². The third-order valence-electron chi connectivity index (χ3n) is 4.12. The zero-order chi connectivity index (χ0) is 20.6. The third kappa shape index (κ3) is 6.02. The van der Waals surface area contributed by atoms with Crippen molar-refractivity contribution in [2.75, 3.05) is 10.6 Å². The number of carbonyl (C=O) groups excluding carboxylic acids is 3. The quantitative estimate of drug-likeness (QED) is 0.548. The smallest absolute Gasteiger partial charge is 0.265 e. The number of amides is 3. The summed E-state index contributed by atoms with van der Waals surface area (Å²) in [5.41, 5.74) is 2.01. The first kappa shape index (κ1) is 20.3. The molecule has 1 heterocycles. The van der Waals surface area contributed by atoms with Crippen LogP contribution in [0.2, 0.25) is 0 Å². The van der Waals surface area contributed by atoms with Gasteiger partial charge in [0.05, 0.1) is 17.3 Å². The van der Waals surface area contributed by atoms with Gasteiger partial charge in [-0.3, -0.25) is 14.4 Å². The van der Waals surface area contributed by atoms with Gasteiger partial charge in [0.2, 0.25) is 11.8 Å². The van der Waals surface area contributed by atoms with E-state index in [1.165, 1.54) is 18.3 Å². The van der Waals surface area contributed by atoms with E-state index in [-0.39, 0.29) is 24.1 Å². The maximum Gasteiger partial charge on any atom is 0.265 e. The molecule has 0 saturated carbocycles. The Morgan fingerprint density at radius 1 is 0.897 bits per heavy atom. The van der Waals surface area contributed by atoms with Crippen molar-refractivity contribution in [2.45, 2.75) is 19.4 Å². The Kier molecular flexibility index (Phi) is 6.76. The summed E-state index contributed by atoms with van der Waals surface area (Å²) >= 11 is 1.36. The van der Waals surface area contributed by atoms with Crippen LogP contribution in [0.25, 0.3) is 0 Å². The number of thiophene rings is 1. The van der Waals surface area contributed by atoms with Crippen LogP contribution in [-0.4, -0.2) is 17.7 Å². The number of hydrogen-bond acceptors (Lipinski definition) is 4. The van der Waals surface area contributed by atoms with Gasteiger partial charge < -0.3 is 16.0 Å². The number of anilines is 2. The molecule has 3 amide bonds. The molecule has 2 aromatic carbocycles. The third-order valence-corrected chi connectivity index (χ3v) is 4.99. The second kappa shape index (κ2) is 9.66. The van der Waals surface area contributed by atoms with Gasteiger partial charge in [0.25, 0.3) is 5.91 Å². The highest BCUT2D eigenvalue weighted by Crippen LogP contribution is 2.20.